The number of benzene rings is 1. The van der Waals surface area contributed by atoms with Crippen LogP contribution in [0.2, 0.25) is 5.02 Å². The normalized spacial score (nSPS) is 10.8. The van der Waals surface area contributed by atoms with Crippen LogP contribution < -0.4 is 5.32 Å². The molecule has 11 heteroatoms. The molecule has 0 aliphatic heterocycles. The van der Waals surface area contributed by atoms with Crippen LogP contribution in [-0.2, 0) is 17.9 Å². The van der Waals surface area contributed by atoms with Crippen molar-refractivity contribution >= 4 is 44.9 Å². The summed E-state index contributed by atoms with van der Waals surface area (Å²) in [4.78, 5) is 22.5. The van der Waals surface area contributed by atoms with Crippen LogP contribution in [0, 0.1) is 17.0 Å². The summed E-state index contributed by atoms with van der Waals surface area (Å²) in [5, 5.41) is 22.4. The molecule has 0 aliphatic carbocycles. The van der Waals surface area contributed by atoms with Gasteiger partial charge in [-0.05, 0) is 34.5 Å². The van der Waals surface area contributed by atoms with Gasteiger partial charge in [0.15, 0.2) is 5.82 Å². The number of amides is 1. The lowest BCUT2D eigenvalue weighted by Crippen LogP contribution is -2.19. The zero-order chi connectivity index (χ0) is 19.6. The van der Waals surface area contributed by atoms with Crippen molar-refractivity contribution in [2.45, 2.75) is 20.0 Å². The maximum absolute atomic E-state index is 12.2. The Morgan fingerprint density at radius 1 is 1.30 bits per heavy atom. The molecule has 0 spiro atoms. The minimum Gasteiger partial charge on any atom is -0.307 e. The van der Waals surface area contributed by atoms with Gasteiger partial charge in [-0.25, -0.2) is 0 Å². The summed E-state index contributed by atoms with van der Waals surface area (Å²) in [6.45, 7) is 1.79. The molecule has 0 unspecified atom stereocenters. The number of nitrogens with zero attached hydrogens (tertiary/aromatic N) is 5. The maximum atomic E-state index is 12.2. The number of rotatable bonds is 6. The van der Waals surface area contributed by atoms with E-state index in [0.29, 0.717) is 21.9 Å². The Hall–Kier alpha value is -2.72. The van der Waals surface area contributed by atoms with E-state index in [4.69, 9.17) is 11.6 Å². The number of carbonyl (C=O) groups is 1. The van der Waals surface area contributed by atoms with Crippen molar-refractivity contribution in [3.63, 3.8) is 0 Å². The molecule has 0 atom stereocenters. The topological polar surface area (TPSA) is 108 Å². The van der Waals surface area contributed by atoms with Crippen LogP contribution in [0.25, 0.3) is 0 Å². The lowest BCUT2D eigenvalue weighted by molar-refractivity contribution is -0.385. The van der Waals surface area contributed by atoms with E-state index in [1.165, 1.54) is 17.8 Å². The van der Waals surface area contributed by atoms with Crippen molar-refractivity contribution in [3.05, 3.63) is 67.5 Å². The lowest BCUT2D eigenvalue weighted by Gasteiger charge is -2.04. The third-order valence-electron chi connectivity index (χ3n) is 3.69. The molecule has 1 N–H and O–H groups in total. The number of hydrogen-bond acceptors (Lipinski definition) is 5. The number of nitrogens with one attached hydrogen (secondary N) is 1. The molecule has 27 heavy (non-hydrogen) atoms. The summed E-state index contributed by atoms with van der Waals surface area (Å²) in [6.07, 6.45) is 2.95. The average Bonchev–Trinajstić information content (AvgIpc) is 3.12. The second kappa shape index (κ2) is 7.89. The van der Waals surface area contributed by atoms with Crippen molar-refractivity contribution in [1.29, 1.82) is 0 Å². The SMILES string of the molecule is Cc1nn(CC(=O)Nc2nn(Cc3ccccc3Cl)cc2Br)cc1[N+](=O)[O-]. The Balaban J connectivity index is 1.68. The molecular formula is C16H14BrClN6O3. The van der Waals surface area contributed by atoms with Gasteiger partial charge in [-0.1, -0.05) is 29.8 Å². The van der Waals surface area contributed by atoms with Gasteiger partial charge in [0.2, 0.25) is 5.91 Å². The van der Waals surface area contributed by atoms with Gasteiger partial charge in [-0.3, -0.25) is 24.3 Å². The largest absolute Gasteiger partial charge is 0.309 e. The third-order valence-corrected chi connectivity index (χ3v) is 4.64. The van der Waals surface area contributed by atoms with Crippen molar-refractivity contribution in [2.75, 3.05) is 5.32 Å². The standard InChI is InChI=1S/C16H14BrClN6O3/c1-10-14(24(26)27)8-23(20-10)9-15(25)19-16-12(17)7-22(21-16)6-11-4-2-3-5-13(11)18/h2-5,7-8H,6,9H2,1H3,(H,19,21,25). The van der Waals surface area contributed by atoms with E-state index in [9.17, 15) is 14.9 Å². The number of anilines is 1. The van der Waals surface area contributed by atoms with Gasteiger partial charge in [-0.15, -0.1) is 0 Å². The second-order valence-electron chi connectivity index (χ2n) is 5.72. The number of aromatic nitrogens is 4. The molecule has 140 valence electrons. The monoisotopic (exact) mass is 452 g/mol. The minimum atomic E-state index is -0.538. The highest BCUT2D eigenvalue weighted by molar-refractivity contribution is 9.10. The molecule has 3 rings (SSSR count). The van der Waals surface area contributed by atoms with Gasteiger partial charge in [0, 0.05) is 11.2 Å². The van der Waals surface area contributed by atoms with Crippen LogP contribution in [-0.4, -0.2) is 30.4 Å². The first-order valence-electron chi connectivity index (χ1n) is 7.78. The first-order chi connectivity index (χ1) is 12.8. The molecule has 0 saturated heterocycles. The predicted octanol–water partition coefficient (Wildman–Crippen LogP) is 3.40. The molecule has 1 amide bonds. The van der Waals surface area contributed by atoms with E-state index in [1.54, 1.807) is 16.9 Å². The van der Waals surface area contributed by atoms with Crippen molar-refractivity contribution in [2.24, 2.45) is 0 Å². The van der Waals surface area contributed by atoms with E-state index in [0.717, 1.165) is 5.56 Å². The summed E-state index contributed by atoms with van der Waals surface area (Å²) in [7, 11) is 0. The van der Waals surface area contributed by atoms with Crippen LogP contribution in [0.1, 0.15) is 11.3 Å². The molecule has 0 bridgehead atoms. The fourth-order valence-electron chi connectivity index (χ4n) is 2.45. The van der Waals surface area contributed by atoms with Crippen LogP contribution in [0.5, 0.6) is 0 Å². The van der Waals surface area contributed by atoms with Crippen LogP contribution in [0.4, 0.5) is 11.5 Å². The Bertz CT molecular complexity index is 1020. The van der Waals surface area contributed by atoms with E-state index in [1.807, 2.05) is 18.2 Å². The van der Waals surface area contributed by atoms with E-state index in [-0.39, 0.29) is 17.9 Å². The fraction of sp³-hybridized carbons (Fsp3) is 0.188. The first-order valence-corrected chi connectivity index (χ1v) is 8.95. The average molecular weight is 454 g/mol. The third kappa shape index (κ3) is 4.52. The fourth-order valence-corrected chi connectivity index (χ4v) is 3.06. The minimum absolute atomic E-state index is 0.131. The summed E-state index contributed by atoms with van der Waals surface area (Å²) in [5.41, 5.74) is 1.01. The number of halogens is 2. The lowest BCUT2D eigenvalue weighted by atomic mass is 10.2. The highest BCUT2D eigenvalue weighted by Crippen LogP contribution is 2.23. The second-order valence-corrected chi connectivity index (χ2v) is 6.98. The molecule has 3 aromatic rings. The summed E-state index contributed by atoms with van der Waals surface area (Å²) in [6, 6.07) is 7.41. The first kappa shape index (κ1) is 19.1. The number of hydrogen-bond donors (Lipinski definition) is 1. The zero-order valence-electron chi connectivity index (χ0n) is 14.1. The number of nitro groups is 1. The smallest absolute Gasteiger partial charge is 0.307 e. The zero-order valence-corrected chi connectivity index (χ0v) is 16.4. The van der Waals surface area contributed by atoms with Crippen LogP contribution in [0.15, 0.2) is 41.1 Å². The van der Waals surface area contributed by atoms with Crippen molar-refractivity contribution in [1.82, 2.24) is 19.6 Å². The number of aryl methyl sites for hydroxylation is 1. The van der Waals surface area contributed by atoms with Gasteiger partial charge in [0.25, 0.3) is 0 Å². The molecule has 2 heterocycles. The Kier molecular flexibility index (Phi) is 5.57. The molecular weight excluding hydrogens is 440 g/mol. The highest BCUT2D eigenvalue weighted by Gasteiger charge is 2.17. The van der Waals surface area contributed by atoms with Gasteiger partial charge in [0.1, 0.15) is 18.4 Å². The summed E-state index contributed by atoms with van der Waals surface area (Å²) >= 11 is 9.51. The van der Waals surface area contributed by atoms with E-state index < -0.39 is 10.8 Å². The van der Waals surface area contributed by atoms with E-state index >= 15 is 0 Å². The Labute approximate surface area is 167 Å². The van der Waals surface area contributed by atoms with Crippen LogP contribution >= 0.6 is 27.5 Å². The molecule has 0 aliphatic rings. The van der Waals surface area contributed by atoms with Gasteiger partial charge in [-0.2, -0.15) is 10.2 Å². The molecule has 2 aromatic heterocycles. The molecule has 0 radical (unpaired) electrons. The van der Waals surface area contributed by atoms with Gasteiger partial charge < -0.3 is 5.32 Å². The molecule has 9 nitrogen and oxygen atoms in total. The molecule has 0 saturated carbocycles. The molecule has 0 fully saturated rings. The van der Waals surface area contributed by atoms with Gasteiger partial charge in [0.05, 0.1) is 15.9 Å². The van der Waals surface area contributed by atoms with Crippen molar-refractivity contribution < 1.29 is 9.72 Å². The highest BCUT2D eigenvalue weighted by atomic mass is 79.9. The van der Waals surface area contributed by atoms with Crippen molar-refractivity contribution in [3.8, 4) is 0 Å². The number of carbonyl (C=O) groups excluding carboxylic acids is 1. The Morgan fingerprint density at radius 3 is 2.70 bits per heavy atom. The quantitative estimate of drug-likeness (QED) is 0.454. The van der Waals surface area contributed by atoms with Crippen LogP contribution in [0.3, 0.4) is 0 Å². The van der Waals surface area contributed by atoms with E-state index in [2.05, 4.69) is 31.4 Å². The summed E-state index contributed by atoms with van der Waals surface area (Å²) < 4.78 is 3.46. The maximum Gasteiger partial charge on any atom is 0.309 e. The summed E-state index contributed by atoms with van der Waals surface area (Å²) in [5.74, 6) is -0.0680. The van der Waals surface area contributed by atoms with Gasteiger partial charge >= 0.3 is 5.69 Å². The Morgan fingerprint density at radius 2 is 2.04 bits per heavy atom. The predicted molar refractivity (Wildman–Crippen MR) is 103 cm³/mol. The molecule has 1 aromatic carbocycles.